The molecule has 7 rings (SSSR count). The number of benzene rings is 4. The van der Waals surface area contributed by atoms with Gasteiger partial charge in [-0.2, -0.15) is 0 Å². The molecule has 4 aromatic carbocycles. The van der Waals surface area contributed by atoms with E-state index in [-0.39, 0.29) is 55.3 Å². The lowest BCUT2D eigenvalue weighted by atomic mass is 9.88. The Bertz CT molecular complexity index is 2220. The van der Waals surface area contributed by atoms with E-state index in [9.17, 15) is 29.1 Å². The van der Waals surface area contributed by atoms with Gasteiger partial charge in [0.05, 0.1) is 30.8 Å². The van der Waals surface area contributed by atoms with E-state index in [0.29, 0.717) is 44.2 Å². The van der Waals surface area contributed by atoms with Crippen LogP contribution in [0.25, 0.3) is 11.1 Å². The number of fused-ring (bicyclic) bond motifs is 1. The van der Waals surface area contributed by atoms with Gasteiger partial charge in [0.15, 0.2) is 0 Å². The van der Waals surface area contributed by atoms with Gasteiger partial charge in [-0.1, -0.05) is 60.7 Å². The van der Waals surface area contributed by atoms with Gasteiger partial charge in [0, 0.05) is 57.3 Å². The monoisotopic (exact) mass is 833 g/mol. The summed E-state index contributed by atoms with van der Waals surface area (Å²) in [6.45, 7) is 4.80. The number of phenols is 1. The summed E-state index contributed by atoms with van der Waals surface area (Å²) < 4.78 is 11.9. The van der Waals surface area contributed by atoms with Gasteiger partial charge in [-0.25, -0.2) is 0 Å². The van der Waals surface area contributed by atoms with Crippen LogP contribution in [0.4, 0.5) is 5.69 Å². The molecule has 60 heavy (non-hydrogen) atoms. The number of nitrogens with one attached hydrogen (secondary N) is 2. The quantitative estimate of drug-likeness (QED) is 0.0543. The van der Waals surface area contributed by atoms with E-state index in [0.717, 1.165) is 58.1 Å². The number of allylic oxidation sites excluding steroid dienone is 1. The number of carbonyl (C=O) groups excluding carboxylic acids is 5. The van der Waals surface area contributed by atoms with Crippen molar-refractivity contribution in [3.63, 3.8) is 0 Å². The van der Waals surface area contributed by atoms with Gasteiger partial charge in [-0.3, -0.25) is 39.1 Å². The van der Waals surface area contributed by atoms with Gasteiger partial charge in [0.2, 0.25) is 17.7 Å². The highest BCUT2D eigenvalue weighted by Crippen LogP contribution is 2.36. The van der Waals surface area contributed by atoms with Crippen LogP contribution in [0.3, 0.4) is 0 Å². The summed E-state index contributed by atoms with van der Waals surface area (Å²) in [7, 11) is 0. The van der Waals surface area contributed by atoms with Gasteiger partial charge in [-0.15, -0.1) is 11.6 Å². The maximum absolute atomic E-state index is 13.3. The summed E-state index contributed by atoms with van der Waals surface area (Å²) in [5.41, 5.74) is 6.11. The normalized spacial score (nSPS) is 17.3. The number of carbonyl (C=O) groups is 5. The summed E-state index contributed by atoms with van der Waals surface area (Å²) in [6, 6.07) is 29.4. The van der Waals surface area contributed by atoms with Crippen LogP contribution in [-0.2, 0) is 19.1 Å². The number of hydrogen-bond donors (Lipinski definition) is 3. The number of ether oxygens (including phenoxy) is 2. The molecular weight excluding hydrogens is 786 g/mol. The average molecular weight is 834 g/mol. The minimum atomic E-state index is -1.03. The standard InChI is InChI=1S/C46H48ClN5O8/c47-21-19-36(31-5-2-1-3-6-31)42(32-9-13-34(53)14-10-32)33-11-15-35(16-12-33)60-30-27-50-23-25-51(26-24-50)41(55)20-28-59-29-22-48-38-8-4-7-37-43(38)46(58)52(45(37)57)39-17-18-40(54)49-44(39)56/h1-16,39,48,53H,17-30H2,(H,49,54,56). The van der Waals surface area contributed by atoms with E-state index in [1.807, 2.05) is 47.4 Å². The zero-order chi connectivity index (χ0) is 42.0. The van der Waals surface area contributed by atoms with Gasteiger partial charge in [0.1, 0.15) is 24.1 Å². The number of phenolic OH excluding ortho intramolecular Hbond substituents is 1. The first kappa shape index (κ1) is 42.1. The number of rotatable bonds is 17. The molecule has 3 aliphatic heterocycles. The number of hydrogen-bond acceptors (Lipinski definition) is 10. The van der Waals surface area contributed by atoms with E-state index >= 15 is 0 Å². The van der Waals surface area contributed by atoms with Gasteiger partial charge in [0.25, 0.3) is 11.8 Å². The molecular formula is C46H48ClN5O8. The molecule has 0 spiro atoms. The van der Waals surface area contributed by atoms with Crippen molar-refractivity contribution in [3.8, 4) is 11.5 Å². The van der Waals surface area contributed by atoms with E-state index in [4.69, 9.17) is 21.1 Å². The number of aromatic hydroxyl groups is 1. The maximum Gasteiger partial charge on any atom is 0.264 e. The smallest absolute Gasteiger partial charge is 0.264 e. The Morgan fingerprint density at radius 1 is 0.783 bits per heavy atom. The third kappa shape index (κ3) is 9.87. The fourth-order valence-electron chi connectivity index (χ4n) is 7.86. The fraction of sp³-hybridized carbons (Fsp3) is 0.326. The highest BCUT2D eigenvalue weighted by atomic mass is 35.5. The number of amides is 5. The van der Waals surface area contributed by atoms with E-state index in [2.05, 4.69) is 39.8 Å². The second-order valence-electron chi connectivity index (χ2n) is 14.8. The predicted octanol–water partition coefficient (Wildman–Crippen LogP) is 5.42. The number of nitrogens with zero attached hydrogens (tertiary/aromatic N) is 3. The molecule has 3 heterocycles. The number of imide groups is 2. The molecule has 2 saturated heterocycles. The van der Waals surface area contributed by atoms with Crippen LogP contribution in [-0.4, -0.2) is 120 Å². The molecule has 3 N–H and O–H groups in total. The summed E-state index contributed by atoms with van der Waals surface area (Å²) in [4.78, 5) is 68.4. The van der Waals surface area contributed by atoms with Crippen molar-refractivity contribution in [2.75, 3.05) is 70.3 Å². The highest BCUT2D eigenvalue weighted by Gasteiger charge is 2.45. The van der Waals surface area contributed by atoms with E-state index in [1.54, 1.807) is 30.3 Å². The van der Waals surface area contributed by atoms with E-state index < -0.39 is 29.7 Å². The Hall–Kier alpha value is -6.02. The molecule has 2 fully saturated rings. The molecule has 0 aliphatic carbocycles. The summed E-state index contributed by atoms with van der Waals surface area (Å²) >= 11 is 6.30. The molecule has 1 unspecified atom stereocenters. The van der Waals surface area contributed by atoms with Crippen LogP contribution in [0.15, 0.2) is 97.1 Å². The zero-order valence-electron chi connectivity index (χ0n) is 33.2. The second-order valence-corrected chi connectivity index (χ2v) is 15.1. The van der Waals surface area contributed by atoms with E-state index in [1.165, 1.54) is 0 Å². The lowest BCUT2D eigenvalue weighted by Crippen LogP contribution is -2.54. The molecule has 0 saturated carbocycles. The number of halogens is 1. The summed E-state index contributed by atoms with van der Waals surface area (Å²) in [6.07, 6.45) is 1.06. The molecule has 0 radical (unpaired) electrons. The first-order valence-corrected chi connectivity index (χ1v) is 20.8. The third-order valence-corrected chi connectivity index (χ3v) is 11.1. The van der Waals surface area contributed by atoms with Crippen LogP contribution in [0.5, 0.6) is 11.5 Å². The largest absolute Gasteiger partial charge is 0.508 e. The average Bonchev–Trinajstić information content (AvgIpc) is 3.52. The van der Waals surface area contributed by atoms with Crippen LogP contribution in [0.2, 0.25) is 0 Å². The number of piperazine rings is 1. The van der Waals surface area contributed by atoms with Crippen molar-refractivity contribution in [2.45, 2.75) is 31.7 Å². The maximum atomic E-state index is 13.3. The first-order chi connectivity index (χ1) is 29.2. The Morgan fingerprint density at radius 3 is 2.20 bits per heavy atom. The second kappa shape index (κ2) is 19.8. The zero-order valence-corrected chi connectivity index (χ0v) is 34.0. The van der Waals surface area contributed by atoms with Crippen LogP contribution in [0.1, 0.15) is 63.1 Å². The third-order valence-electron chi connectivity index (χ3n) is 11.0. The van der Waals surface area contributed by atoms with Gasteiger partial charge in [-0.05, 0) is 77.1 Å². The van der Waals surface area contributed by atoms with Crippen molar-refractivity contribution in [1.82, 2.24) is 20.0 Å². The Balaban J connectivity index is 0.822. The van der Waals surface area contributed by atoms with Crippen molar-refractivity contribution < 1.29 is 38.6 Å². The highest BCUT2D eigenvalue weighted by molar-refractivity contribution is 6.25. The molecule has 14 heteroatoms. The number of anilines is 1. The van der Waals surface area contributed by atoms with Crippen molar-refractivity contribution in [3.05, 3.63) is 125 Å². The molecule has 0 bridgehead atoms. The molecule has 1 atom stereocenters. The molecule has 5 amide bonds. The van der Waals surface area contributed by atoms with Crippen LogP contribution in [0, 0.1) is 0 Å². The Kier molecular flexibility index (Phi) is 13.9. The predicted molar refractivity (Wildman–Crippen MR) is 228 cm³/mol. The molecule has 3 aliphatic rings. The minimum absolute atomic E-state index is 0.0275. The molecule has 4 aromatic rings. The van der Waals surface area contributed by atoms with Crippen LogP contribution < -0.4 is 15.4 Å². The first-order valence-electron chi connectivity index (χ1n) is 20.3. The molecule has 312 valence electrons. The number of piperidine rings is 1. The number of alkyl halides is 1. The van der Waals surface area contributed by atoms with Crippen molar-refractivity contribution >= 4 is 58.0 Å². The lowest BCUT2D eigenvalue weighted by molar-refractivity contribution is -0.136. The Morgan fingerprint density at radius 2 is 1.50 bits per heavy atom. The molecule has 13 nitrogen and oxygen atoms in total. The van der Waals surface area contributed by atoms with Crippen LogP contribution >= 0.6 is 11.6 Å². The molecule has 0 aromatic heterocycles. The minimum Gasteiger partial charge on any atom is -0.508 e. The summed E-state index contributed by atoms with van der Waals surface area (Å²) in [5, 5.41) is 15.3. The van der Waals surface area contributed by atoms with Crippen molar-refractivity contribution in [2.24, 2.45) is 0 Å². The Labute approximate surface area is 353 Å². The van der Waals surface area contributed by atoms with Gasteiger partial charge < -0.3 is 24.8 Å². The summed E-state index contributed by atoms with van der Waals surface area (Å²) in [5.74, 6) is -0.758. The SMILES string of the molecule is O=C1CCC(N2C(=O)c3cccc(NCCOCCC(=O)N4CCN(CCOc5ccc(C(=C(CCCl)c6ccccc6)c6ccc(O)cc6)cc5)CC4)c3C2=O)C(=O)N1. The fourth-order valence-corrected chi connectivity index (χ4v) is 8.05. The van der Waals surface area contributed by atoms with Gasteiger partial charge >= 0.3 is 0 Å². The van der Waals surface area contributed by atoms with Crippen molar-refractivity contribution in [1.29, 1.82) is 0 Å². The topological polar surface area (TPSA) is 158 Å². The lowest BCUT2D eigenvalue weighted by Gasteiger charge is -2.34.